The van der Waals surface area contributed by atoms with Gasteiger partial charge in [0.05, 0.1) is 0 Å². The third-order valence-corrected chi connectivity index (χ3v) is 4.02. The van der Waals surface area contributed by atoms with E-state index in [9.17, 15) is 4.79 Å². The molecule has 2 atom stereocenters. The summed E-state index contributed by atoms with van der Waals surface area (Å²) < 4.78 is 0. The summed E-state index contributed by atoms with van der Waals surface area (Å²) in [6.07, 6.45) is 6.16. The Morgan fingerprint density at radius 2 is 2.11 bits per heavy atom. The zero-order valence-electron chi connectivity index (χ0n) is 10.4. The first-order valence-electron chi connectivity index (χ1n) is 6.25. The van der Waals surface area contributed by atoms with Gasteiger partial charge in [-0.2, -0.15) is 0 Å². The van der Waals surface area contributed by atoms with E-state index in [4.69, 9.17) is 11.6 Å². The molecule has 1 aliphatic rings. The van der Waals surface area contributed by atoms with Gasteiger partial charge in [0.1, 0.15) is 5.78 Å². The molecule has 0 spiro atoms. The molecule has 0 aliphatic heterocycles. The average Bonchev–Trinajstić information content (AvgIpc) is 2.38. The fourth-order valence-corrected chi connectivity index (χ4v) is 3.06. The van der Waals surface area contributed by atoms with Crippen molar-refractivity contribution in [1.29, 1.82) is 0 Å². The zero-order valence-corrected chi connectivity index (χ0v) is 11.1. The molecule has 94 valence electrons. The van der Waals surface area contributed by atoms with Crippen molar-refractivity contribution < 1.29 is 4.79 Å². The summed E-state index contributed by atoms with van der Waals surface area (Å²) in [5.41, 5.74) is 2.07. The van der Waals surface area contributed by atoms with Crippen molar-refractivity contribution in [2.24, 2.45) is 5.92 Å². The molecular formula is C16H17ClO. The highest BCUT2D eigenvalue weighted by atomic mass is 35.5. The molecule has 1 saturated carbocycles. The minimum Gasteiger partial charge on any atom is -0.299 e. The van der Waals surface area contributed by atoms with Gasteiger partial charge in [0.25, 0.3) is 0 Å². The Morgan fingerprint density at radius 1 is 1.33 bits per heavy atom. The van der Waals surface area contributed by atoms with Crippen LogP contribution in [0, 0.1) is 5.92 Å². The lowest BCUT2D eigenvalue weighted by Crippen LogP contribution is -2.25. The first-order valence-corrected chi connectivity index (χ1v) is 6.63. The van der Waals surface area contributed by atoms with Gasteiger partial charge in [0.2, 0.25) is 0 Å². The summed E-state index contributed by atoms with van der Waals surface area (Å²) in [6, 6.07) is 5.84. The van der Waals surface area contributed by atoms with E-state index in [1.807, 2.05) is 18.2 Å². The van der Waals surface area contributed by atoms with Crippen LogP contribution in [0.5, 0.6) is 0 Å². The highest BCUT2D eigenvalue weighted by Gasteiger charge is 2.31. The second-order valence-corrected chi connectivity index (χ2v) is 5.08. The van der Waals surface area contributed by atoms with Crippen molar-refractivity contribution in [1.82, 2.24) is 0 Å². The molecule has 0 radical (unpaired) electrons. The smallest absolute Gasteiger partial charge is 0.140 e. The van der Waals surface area contributed by atoms with Crippen molar-refractivity contribution in [3.05, 3.63) is 53.6 Å². The highest BCUT2D eigenvalue weighted by Crippen LogP contribution is 2.39. The van der Waals surface area contributed by atoms with Crippen LogP contribution in [0.1, 0.15) is 36.3 Å². The molecule has 18 heavy (non-hydrogen) atoms. The second-order valence-electron chi connectivity index (χ2n) is 4.67. The van der Waals surface area contributed by atoms with Gasteiger partial charge in [0.15, 0.2) is 0 Å². The number of carbonyl (C=O) groups is 1. The van der Waals surface area contributed by atoms with Crippen LogP contribution in [0.3, 0.4) is 0 Å². The van der Waals surface area contributed by atoms with E-state index in [1.54, 1.807) is 12.2 Å². The van der Waals surface area contributed by atoms with Gasteiger partial charge in [-0.25, -0.2) is 0 Å². The number of ketones is 1. The number of hydrogen-bond acceptors (Lipinski definition) is 1. The molecule has 0 bridgehead atoms. The van der Waals surface area contributed by atoms with Gasteiger partial charge in [0, 0.05) is 17.4 Å². The van der Waals surface area contributed by atoms with Gasteiger partial charge >= 0.3 is 0 Å². The maximum absolute atomic E-state index is 12.0. The number of hydrogen-bond donors (Lipinski definition) is 0. The maximum atomic E-state index is 12.0. The van der Waals surface area contributed by atoms with Crippen LogP contribution in [0.2, 0.25) is 5.02 Å². The van der Waals surface area contributed by atoms with Crippen molar-refractivity contribution in [3.63, 3.8) is 0 Å². The third kappa shape index (κ3) is 2.28. The van der Waals surface area contributed by atoms with Crippen LogP contribution in [0.25, 0.3) is 6.08 Å². The van der Waals surface area contributed by atoms with Gasteiger partial charge in [-0.15, -0.1) is 6.58 Å². The van der Waals surface area contributed by atoms with E-state index in [-0.39, 0.29) is 17.6 Å². The SMILES string of the molecule is C=Cc1c(Cl)cccc1C1CCCC(=O)C1C=C. The summed E-state index contributed by atoms with van der Waals surface area (Å²) in [4.78, 5) is 12.0. The molecule has 1 nitrogen and oxygen atoms in total. The number of carbonyl (C=O) groups excluding carboxylic acids is 1. The van der Waals surface area contributed by atoms with E-state index in [0.717, 1.165) is 24.0 Å². The molecule has 0 N–H and O–H groups in total. The topological polar surface area (TPSA) is 17.1 Å². The molecule has 2 heteroatoms. The highest BCUT2D eigenvalue weighted by molar-refractivity contribution is 6.32. The Morgan fingerprint density at radius 3 is 2.78 bits per heavy atom. The molecule has 1 fully saturated rings. The Hall–Kier alpha value is -1.34. The minimum atomic E-state index is -0.0871. The van der Waals surface area contributed by atoms with Crippen LogP contribution in [0.4, 0.5) is 0 Å². The van der Waals surface area contributed by atoms with E-state index in [2.05, 4.69) is 13.2 Å². The lowest BCUT2D eigenvalue weighted by Gasteiger charge is -2.30. The number of Topliss-reactive ketones (excluding diaryl/α,β-unsaturated/α-hetero) is 1. The largest absolute Gasteiger partial charge is 0.299 e. The molecule has 1 aliphatic carbocycles. The Labute approximate surface area is 113 Å². The number of benzene rings is 1. The van der Waals surface area contributed by atoms with Crippen LogP contribution in [0.15, 0.2) is 37.4 Å². The first kappa shape index (κ1) is 13.1. The van der Waals surface area contributed by atoms with E-state index in [1.165, 1.54) is 0 Å². The monoisotopic (exact) mass is 260 g/mol. The molecule has 0 amide bonds. The third-order valence-electron chi connectivity index (χ3n) is 3.69. The Balaban J connectivity index is 2.46. The summed E-state index contributed by atoms with van der Waals surface area (Å²) in [5.74, 6) is 0.391. The molecule has 2 unspecified atom stereocenters. The molecule has 0 aromatic heterocycles. The van der Waals surface area contributed by atoms with Gasteiger partial charge in [-0.3, -0.25) is 4.79 Å². The molecular weight excluding hydrogens is 244 g/mol. The van der Waals surface area contributed by atoms with Crippen molar-refractivity contribution in [2.45, 2.75) is 25.2 Å². The van der Waals surface area contributed by atoms with Crippen LogP contribution in [-0.2, 0) is 4.79 Å². The van der Waals surface area contributed by atoms with Crippen molar-refractivity contribution in [2.75, 3.05) is 0 Å². The lowest BCUT2D eigenvalue weighted by molar-refractivity contribution is -0.123. The predicted molar refractivity (Wildman–Crippen MR) is 76.8 cm³/mol. The fourth-order valence-electron chi connectivity index (χ4n) is 2.80. The van der Waals surface area contributed by atoms with Crippen molar-refractivity contribution in [3.8, 4) is 0 Å². The summed E-state index contributed by atoms with van der Waals surface area (Å²) in [7, 11) is 0. The first-order chi connectivity index (χ1) is 8.69. The second kappa shape index (κ2) is 5.53. The lowest BCUT2D eigenvalue weighted by atomic mass is 9.73. The number of halogens is 1. The van der Waals surface area contributed by atoms with Crippen LogP contribution in [-0.4, -0.2) is 5.78 Å². The molecule has 2 rings (SSSR count). The fraction of sp³-hybridized carbons (Fsp3) is 0.312. The van der Waals surface area contributed by atoms with Crippen molar-refractivity contribution >= 4 is 23.5 Å². The van der Waals surface area contributed by atoms with E-state index in [0.29, 0.717) is 11.4 Å². The van der Waals surface area contributed by atoms with Gasteiger partial charge in [-0.05, 0) is 36.0 Å². The predicted octanol–water partition coefficient (Wildman–Crippen LogP) is 4.62. The molecule has 1 aromatic carbocycles. The summed E-state index contributed by atoms with van der Waals surface area (Å²) in [6.45, 7) is 7.63. The molecule has 0 heterocycles. The quantitative estimate of drug-likeness (QED) is 0.725. The summed E-state index contributed by atoms with van der Waals surface area (Å²) >= 11 is 6.19. The maximum Gasteiger partial charge on any atom is 0.140 e. The van der Waals surface area contributed by atoms with Crippen LogP contribution < -0.4 is 0 Å². The zero-order chi connectivity index (χ0) is 13.1. The molecule has 1 aromatic rings. The van der Waals surface area contributed by atoms with E-state index >= 15 is 0 Å². The Bertz CT molecular complexity index is 490. The minimum absolute atomic E-state index is 0.0871. The average molecular weight is 261 g/mol. The normalized spacial score (nSPS) is 23.7. The molecule has 0 saturated heterocycles. The van der Waals surface area contributed by atoms with Gasteiger partial charge < -0.3 is 0 Å². The van der Waals surface area contributed by atoms with E-state index < -0.39 is 0 Å². The standard InChI is InChI=1S/C16H17ClO/c1-3-11-13(7-5-9-15(11)17)14-8-6-10-16(18)12(14)4-2/h3-5,7,9,12,14H,1-2,6,8,10H2. The number of rotatable bonds is 3. The van der Waals surface area contributed by atoms with Gasteiger partial charge in [-0.1, -0.05) is 42.5 Å². The summed E-state index contributed by atoms with van der Waals surface area (Å²) in [5, 5.41) is 0.698. The van der Waals surface area contributed by atoms with Crippen LogP contribution >= 0.6 is 11.6 Å². The Kier molecular flexibility index (Phi) is 4.03. The number of allylic oxidation sites excluding steroid dienone is 1.